The maximum atomic E-state index is 12.4. The van der Waals surface area contributed by atoms with E-state index in [0.717, 1.165) is 16.5 Å². The smallest absolute Gasteiger partial charge is 0.263 e. The highest BCUT2D eigenvalue weighted by Gasteiger charge is 2.31. The number of nitrogens with two attached hydrogens (primary N) is 1. The summed E-state index contributed by atoms with van der Waals surface area (Å²) >= 11 is 1.42. The van der Waals surface area contributed by atoms with Crippen LogP contribution in [0.3, 0.4) is 0 Å². The lowest BCUT2D eigenvalue weighted by molar-refractivity contribution is 0.0932. The number of rotatable bonds is 2. The van der Waals surface area contributed by atoms with Crippen LogP contribution in [0.1, 0.15) is 36.4 Å². The first-order valence-electron chi connectivity index (χ1n) is 7.00. The summed E-state index contributed by atoms with van der Waals surface area (Å²) in [6.45, 7) is 4.46. The monoisotopic (exact) mass is 289 g/mol. The molecule has 3 rings (SSSR count). The van der Waals surface area contributed by atoms with Crippen molar-refractivity contribution in [3.05, 3.63) is 23.3 Å². The van der Waals surface area contributed by atoms with Crippen molar-refractivity contribution < 1.29 is 4.79 Å². The molecule has 0 saturated heterocycles. The van der Waals surface area contributed by atoms with Crippen LogP contribution in [0.25, 0.3) is 10.1 Å². The first-order valence-corrected chi connectivity index (χ1v) is 7.82. The number of amides is 1. The third-order valence-electron chi connectivity index (χ3n) is 4.52. The van der Waals surface area contributed by atoms with Gasteiger partial charge in [0, 0.05) is 23.8 Å². The molecule has 5 heteroatoms. The Hall–Kier alpha value is -1.62. The molecule has 1 saturated carbocycles. The molecule has 0 spiro atoms. The average molecular weight is 289 g/mol. The van der Waals surface area contributed by atoms with E-state index in [-0.39, 0.29) is 11.9 Å². The average Bonchev–Trinajstić information content (AvgIpc) is 2.94. The lowest BCUT2D eigenvalue weighted by atomic mass is 9.98. The van der Waals surface area contributed by atoms with Gasteiger partial charge >= 0.3 is 0 Å². The van der Waals surface area contributed by atoms with E-state index in [1.807, 2.05) is 6.07 Å². The van der Waals surface area contributed by atoms with Crippen LogP contribution in [-0.4, -0.2) is 16.9 Å². The minimum Gasteiger partial charge on any atom is -0.397 e. The topological polar surface area (TPSA) is 68.0 Å². The molecular weight excluding hydrogens is 270 g/mol. The van der Waals surface area contributed by atoms with E-state index in [0.29, 0.717) is 22.4 Å². The van der Waals surface area contributed by atoms with Gasteiger partial charge in [0.05, 0.1) is 10.4 Å². The van der Waals surface area contributed by atoms with E-state index >= 15 is 0 Å². The molecule has 0 bridgehead atoms. The fourth-order valence-electron chi connectivity index (χ4n) is 2.94. The van der Waals surface area contributed by atoms with Gasteiger partial charge in [-0.25, -0.2) is 0 Å². The number of nitrogen functional groups attached to an aromatic ring is 1. The molecule has 20 heavy (non-hydrogen) atoms. The van der Waals surface area contributed by atoms with Crippen LogP contribution in [0.5, 0.6) is 0 Å². The summed E-state index contributed by atoms with van der Waals surface area (Å²) < 4.78 is 0.961. The Balaban J connectivity index is 1.84. The van der Waals surface area contributed by atoms with Crippen molar-refractivity contribution in [3.63, 3.8) is 0 Å². The van der Waals surface area contributed by atoms with Crippen molar-refractivity contribution in [3.8, 4) is 0 Å². The Morgan fingerprint density at radius 2 is 2.25 bits per heavy atom. The Kier molecular flexibility index (Phi) is 3.38. The summed E-state index contributed by atoms with van der Waals surface area (Å²) in [7, 11) is 0. The Morgan fingerprint density at radius 1 is 1.45 bits per heavy atom. The van der Waals surface area contributed by atoms with Crippen molar-refractivity contribution >= 4 is 33.0 Å². The number of carbonyl (C=O) groups excluding carboxylic acids is 1. The molecule has 2 aromatic heterocycles. The highest BCUT2D eigenvalue weighted by Crippen LogP contribution is 2.34. The molecule has 4 nitrogen and oxygen atoms in total. The minimum atomic E-state index is -0.0466. The van der Waals surface area contributed by atoms with Gasteiger partial charge in [-0.05, 0) is 30.7 Å². The highest BCUT2D eigenvalue weighted by molar-refractivity contribution is 7.21. The second-order valence-corrected chi connectivity index (χ2v) is 6.76. The van der Waals surface area contributed by atoms with Crippen LogP contribution in [0, 0.1) is 11.8 Å². The number of thiophene rings is 1. The number of aromatic nitrogens is 1. The van der Waals surface area contributed by atoms with Crippen LogP contribution in [0.4, 0.5) is 5.69 Å². The third kappa shape index (κ3) is 2.16. The maximum Gasteiger partial charge on any atom is 0.263 e. The van der Waals surface area contributed by atoms with Crippen molar-refractivity contribution in [1.29, 1.82) is 0 Å². The van der Waals surface area contributed by atoms with E-state index in [4.69, 9.17) is 5.73 Å². The van der Waals surface area contributed by atoms with E-state index < -0.39 is 0 Å². The summed E-state index contributed by atoms with van der Waals surface area (Å²) in [5, 5.41) is 4.07. The summed E-state index contributed by atoms with van der Waals surface area (Å²) in [4.78, 5) is 17.1. The molecule has 2 aromatic rings. The standard InChI is InChI=1S/C15H19N3OS/c1-8-3-4-11(9(8)2)18-15(19)14-13(16)10-5-6-17-7-12(10)20-14/h5-9,11H,3-4,16H2,1-2H3,(H,18,19). The molecule has 0 aromatic carbocycles. The minimum absolute atomic E-state index is 0.0466. The SMILES string of the molecule is CC1CCC(NC(=O)c2sc3cnccc3c2N)C1C. The van der Waals surface area contributed by atoms with Crippen molar-refractivity contribution in [1.82, 2.24) is 10.3 Å². The molecule has 3 atom stereocenters. The predicted molar refractivity (Wildman–Crippen MR) is 82.8 cm³/mol. The summed E-state index contributed by atoms with van der Waals surface area (Å²) in [6.07, 6.45) is 5.69. The second-order valence-electron chi connectivity index (χ2n) is 5.71. The molecule has 1 amide bonds. The van der Waals surface area contributed by atoms with Crippen LogP contribution in [0.15, 0.2) is 18.5 Å². The molecule has 1 aliphatic carbocycles. The second kappa shape index (κ2) is 5.05. The number of fused-ring (bicyclic) bond motifs is 1. The number of nitrogens with one attached hydrogen (secondary N) is 1. The fourth-order valence-corrected chi connectivity index (χ4v) is 3.94. The van der Waals surface area contributed by atoms with Crippen LogP contribution < -0.4 is 11.1 Å². The number of carbonyl (C=O) groups is 1. The van der Waals surface area contributed by atoms with Gasteiger partial charge in [-0.2, -0.15) is 0 Å². The number of hydrogen-bond acceptors (Lipinski definition) is 4. The summed E-state index contributed by atoms with van der Waals surface area (Å²) in [5.74, 6) is 1.15. The van der Waals surface area contributed by atoms with Crippen molar-refractivity contribution in [2.45, 2.75) is 32.7 Å². The van der Waals surface area contributed by atoms with Gasteiger partial charge in [0.1, 0.15) is 4.88 Å². The largest absolute Gasteiger partial charge is 0.397 e. The van der Waals surface area contributed by atoms with Crippen LogP contribution in [-0.2, 0) is 0 Å². The molecule has 3 unspecified atom stereocenters. The lowest BCUT2D eigenvalue weighted by Crippen LogP contribution is -2.37. The first kappa shape index (κ1) is 13.4. The number of hydrogen-bond donors (Lipinski definition) is 2. The van der Waals surface area contributed by atoms with Gasteiger partial charge in [-0.3, -0.25) is 9.78 Å². The zero-order chi connectivity index (χ0) is 14.3. The van der Waals surface area contributed by atoms with Gasteiger partial charge < -0.3 is 11.1 Å². The normalized spacial score (nSPS) is 26.0. The van der Waals surface area contributed by atoms with Gasteiger partial charge in [-0.1, -0.05) is 13.8 Å². The molecule has 106 valence electrons. The highest BCUT2D eigenvalue weighted by atomic mass is 32.1. The Bertz CT molecular complexity index is 652. The van der Waals surface area contributed by atoms with Crippen molar-refractivity contribution in [2.75, 3.05) is 5.73 Å². The molecule has 1 aliphatic rings. The fraction of sp³-hybridized carbons (Fsp3) is 0.467. The third-order valence-corrected chi connectivity index (χ3v) is 5.67. The molecule has 0 radical (unpaired) electrons. The van der Waals surface area contributed by atoms with Gasteiger partial charge in [0.25, 0.3) is 5.91 Å². The van der Waals surface area contributed by atoms with Gasteiger partial charge in [0.15, 0.2) is 0 Å². The summed E-state index contributed by atoms with van der Waals surface area (Å²) in [6, 6.07) is 2.12. The summed E-state index contributed by atoms with van der Waals surface area (Å²) in [5.41, 5.74) is 6.67. The maximum absolute atomic E-state index is 12.4. The van der Waals surface area contributed by atoms with E-state index in [1.54, 1.807) is 12.4 Å². The first-order chi connectivity index (χ1) is 9.58. The van der Waals surface area contributed by atoms with Crippen LogP contribution >= 0.6 is 11.3 Å². The molecule has 0 aliphatic heterocycles. The predicted octanol–water partition coefficient (Wildman–Crippen LogP) is 3.04. The van der Waals surface area contributed by atoms with E-state index in [9.17, 15) is 4.79 Å². The van der Waals surface area contributed by atoms with Gasteiger partial charge in [0.2, 0.25) is 0 Å². The quantitative estimate of drug-likeness (QED) is 0.893. The number of nitrogens with zero attached hydrogens (tertiary/aromatic N) is 1. The zero-order valence-corrected chi connectivity index (χ0v) is 12.5. The van der Waals surface area contributed by atoms with E-state index in [2.05, 4.69) is 24.1 Å². The molecule has 2 heterocycles. The molecule has 1 fully saturated rings. The van der Waals surface area contributed by atoms with Gasteiger partial charge in [-0.15, -0.1) is 11.3 Å². The molecular formula is C15H19N3OS. The Morgan fingerprint density at radius 3 is 2.90 bits per heavy atom. The lowest BCUT2D eigenvalue weighted by Gasteiger charge is -2.19. The molecule has 3 N–H and O–H groups in total. The van der Waals surface area contributed by atoms with Crippen LogP contribution in [0.2, 0.25) is 0 Å². The zero-order valence-electron chi connectivity index (χ0n) is 11.7. The number of pyridine rings is 1. The number of anilines is 1. The van der Waals surface area contributed by atoms with Crippen molar-refractivity contribution in [2.24, 2.45) is 11.8 Å². The van der Waals surface area contributed by atoms with E-state index in [1.165, 1.54) is 17.8 Å². The Labute approximate surface area is 122 Å².